The number of nitrogens with one attached hydrogen (secondary N) is 1. The molecule has 1 amide bonds. The molecule has 3 N–H and O–H groups in total. The summed E-state index contributed by atoms with van der Waals surface area (Å²) in [5, 5.41) is 2.94. The van der Waals surface area contributed by atoms with Gasteiger partial charge < -0.3 is 11.1 Å². The van der Waals surface area contributed by atoms with Crippen molar-refractivity contribution in [3.63, 3.8) is 0 Å². The van der Waals surface area contributed by atoms with Crippen molar-refractivity contribution in [2.75, 3.05) is 12.3 Å². The van der Waals surface area contributed by atoms with Gasteiger partial charge in [-0.1, -0.05) is 46.0 Å². The summed E-state index contributed by atoms with van der Waals surface area (Å²) in [6.45, 7) is 4.69. The molecule has 0 aromatic carbocycles. The maximum atomic E-state index is 12.2. The number of nitrogens with zero attached hydrogens (tertiary/aromatic N) is 2. The van der Waals surface area contributed by atoms with Crippen molar-refractivity contribution in [3.8, 4) is 0 Å². The number of carbonyl (C=O) groups is 1. The van der Waals surface area contributed by atoms with E-state index in [0.717, 1.165) is 12.3 Å². The van der Waals surface area contributed by atoms with Gasteiger partial charge in [-0.15, -0.1) is 0 Å². The number of nitrogen functional groups attached to an aromatic ring is 1. The number of anilines is 1. The Morgan fingerprint density at radius 1 is 1.38 bits per heavy atom. The van der Waals surface area contributed by atoms with Crippen LogP contribution < -0.4 is 11.1 Å². The number of hydrogen-bond donors (Lipinski definition) is 2. The predicted molar refractivity (Wildman–Crippen MR) is 84.1 cm³/mol. The second kappa shape index (κ2) is 7.38. The van der Waals surface area contributed by atoms with Crippen LogP contribution in [0, 0.1) is 5.92 Å². The van der Waals surface area contributed by atoms with Gasteiger partial charge in [-0.3, -0.25) is 4.79 Å². The summed E-state index contributed by atoms with van der Waals surface area (Å²) >= 11 is 0. The first-order valence-corrected chi connectivity index (χ1v) is 7.98. The topological polar surface area (TPSA) is 80.9 Å². The van der Waals surface area contributed by atoms with Crippen LogP contribution in [0.4, 0.5) is 5.69 Å². The standard InChI is InChI=1S/C16H26N4O/c1-11(2)15-19-10-13(17)14(20-15)16(21)18-9-8-12-6-4-3-5-7-12/h10-12H,3-9,17H2,1-2H3,(H,18,21). The van der Waals surface area contributed by atoms with Crippen LogP contribution in [0.5, 0.6) is 0 Å². The van der Waals surface area contributed by atoms with E-state index in [2.05, 4.69) is 15.3 Å². The highest BCUT2D eigenvalue weighted by Gasteiger charge is 2.16. The first-order valence-electron chi connectivity index (χ1n) is 7.98. The summed E-state index contributed by atoms with van der Waals surface area (Å²) < 4.78 is 0. The number of aromatic nitrogens is 2. The fraction of sp³-hybridized carbons (Fsp3) is 0.688. The normalized spacial score (nSPS) is 16.1. The van der Waals surface area contributed by atoms with Gasteiger partial charge in [-0.2, -0.15) is 0 Å². The number of nitrogens with two attached hydrogens (primary N) is 1. The lowest BCUT2D eigenvalue weighted by Crippen LogP contribution is -2.28. The van der Waals surface area contributed by atoms with Crippen LogP contribution >= 0.6 is 0 Å². The Labute approximate surface area is 126 Å². The van der Waals surface area contributed by atoms with E-state index in [4.69, 9.17) is 5.73 Å². The molecule has 0 radical (unpaired) electrons. The molecule has 5 nitrogen and oxygen atoms in total. The Bertz CT molecular complexity index is 481. The largest absolute Gasteiger partial charge is 0.396 e. The molecule has 0 unspecified atom stereocenters. The molecule has 0 aliphatic heterocycles. The van der Waals surface area contributed by atoms with Gasteiger partial charge in [0, 0.05) is 12.5 Å². The second-order valence-corrected chi connectivity index (χ2v) is 6.24. The number of hydrogen-bond acceptors (Lipinski definition) is 4. The first kappa shape index (κ1) is 15.7. The lowest BCUT2D eigenvalue weighted by atomic mass is 9.87. The molecule has 0 atom stereocenters. The Morgan fingerprint density at radius 3 is 2.76 bits per heavy atom. The molecule has 0 bridgehead atoms. The number of amides is 1. The molecule has 0 saturated heterocycles. The highest BCUT2D eigenvalue weighted by atomic mass is 16.1. The van der Waals surface area contributed by atoms with Crippen LogP contribution in [0.3, 0.4) is 0 Å². The molecule has 21 heavy (non-hydrogen) atoms. The van der Waals surface area contributed by atoms with E-state index < -0.39 is 0 Å². The van der Waals surface area contributed by atoms with E-state index in [0.29, 0.717) is 23.8 Å². The van der Waals surface area contributed by atoms with E-state index in [1.54, 1.807) is 0 Å². The minimum absolute atomic E-state index is 0.180. The summed E-state index contributed by atoms with van der Waals surface area (Å²) in [6, 6.07) is 0. The SMILES string of the molecule is CC(C)c1ncc(N)c(C(=O)NCCC2CCCCC2)n1. The molecule has 1 saturated carbocycles. The Balaban J connectivity index is 1.89. The Kier molecular flexibility index (Phi) is 5.53. The molecule has 1 aliphatic carbocycles. The van der Waals surface area contributed by atoms with Gasteiger partial charge in [0.2, 0.25) is 0 Å². The van der Waals surface area contributed by atoms with Gasteiger partial charge in [-0.05, 0) is 12.3 Å². The summed E-state index contributed by atoms with van der Waals surface area (Å²) in [5.74, 6) is 1.40. The summed E-state index contributed by atoms with van der Waals surface area (Å²) in [7, 11) is 0. The Morgan fingerprint density at radius 2 is 2.10 bits per heavy atom. The maximum Gasteiger partial charge on any atom is 0.272 e. The quantitative estimate of drug-likeness (QED) is 0.873. The van der Waals surface area contributed by atoms with Crippen LogP contribution in [0.1, 0.15) is 74.6 Å². The zero-order chi connectivity index (χ0) is 15.2. The minimum Gasteiger partial charge on any atom is -0.396 e. The third-order valence-electron chi connectivity index (χ3n) is 4.13. The third-order valence-corrected chi connectivity index (χ3v) is 4.13. The van der Waals surface area contributed by atoms with Crippen molar-refractivity contribution in [2.45, 2.75) is 58.3 Å². The van der Waals surface area contributed by atoms with E-state index in [-0.39, 0.29) is 11.8 Å². The fourth-order valence-electron chi connectivity index (χ4n) is 2.81. The molecule has 1 fully saturated rings. The van der Waals surface area contributed by atoms with Crippen molar-refractivity contribution in [3.05, 3.63) is 17.7 Å². The molecule has 1 aromatic heterocycles. The first-order chi connectivity index (χ1) is 10.1. The van der Waals surface area contributed by atoms with Crippen molar-refractivity contribution >= 4 is 11.6 Å². The maximum absolute atomic E-state index is 12.2. The zero-order valence-electron chi connectivity index (χ0n) is 13.1. The minimum atomic E-state index is -0.187. The van der Waals surface area contributed by atoms with Gasteiger partial charge >= 0.3 is 0 Å². The number of carbonyl (C=O) groups excluding carboxylic acids is 1. The fourth-order valence-corrected chi connectivity index (χ4v) is 2.81. The van der Waals surface area contributed by atoms with Crippen LogP contribution in [0.2, 0.25) is 0 Å². The lowest BCUT2D eigenvalue weighted by Gasteiger charge is -2.21. The molecule has 5 heteroatoms. The molecule has 1 aliphatic rings. The van der Waals surface area contributed by atoms with Crippen LogP contribution in [0.25, 0.3) is 0 Å². The molecule has 1 heterocycles. The van der Waals surface area contributed by atoms with Gasteiger partial charge in [0.1, 0.15) is 5.82 Å². The van der Waals surface area contributed by atoms with Gasteiger partial charge in [0.25, 0.3) is 5.91 Å². The van der Waals surface area contributed by atoms with E-state index >= 15 is 0 Å². The van der Waals surface area contributed by atoms with Crippen molar-refractivity contribution in [1.82, 2.24) is 15.3 Å². The van der Waals surface area contributed by atoms with Gasteiger partial charge in [0.05, 0.1) is 11.9 Å². The molecule has 1 aromatic rings. The van der Waals surface area contributed by atoms with Crippen molar-refractivity contribution in [2.24, 2.45) is 5.92 Å². The Hall–Kier alpha value is -1.65. The monoisotopic (exact) mass is 290 g/mol. The molecule has 116 valence electrons. The van der Waals surface area contributed by atoms with Crippen molar-refractivity contribution < 1.29 is 4.79 Å². The van der Waals surface area contributed by atoms with Crippen LogP contribution in [0.15, 0.2) is 6.20 Å². The molecule has 2 rings (SSSR count). The van der Waals surface area contributed by atoms with Crippen molar-refractivity contribution in [1.29, 1.82) is 0 Å². The van der Waals surface area contributed by atoms with E-state index in [1.807, 2.05) is 13.8 Å². The number of rotatable bonds is 5. The molecular weight excluding hydrogens is 264 g/mol. The summed E-state index contributed by atoms with van der Waals surface area (Å²) in [6.07, 6.45) is 9.18. The summed E-state index contributed by atoms with van der Waals surface area (Å²) in [5.41, 5.74) is 6.46. The average molecular weight is 290 g/mol. The summed E-state index contributed by atoms with van der Waals surface area (Å²) in [4.78, 5) is 20.6. The smallest absolute Gasteiger partial charge is 0.272 e. The third kappa shape index (κ3) is 4.41. The zero-order valence-corrected chi connectivity index (χ0v) is 13.1. The van der Waals surface area contributed by atoms with Gasteiger partial charge in [-0.25, -0.2) is 9.97 Å². The lowest BCUT2D eigenvalue weighted by molar-refractivity contribution is 0.0946. The molecule has 0 spiro atoms. The van der Waals surface area contributed by atoms with Crippen LogP contribution in [-0.4, -0.2) is 22.4 Å². The van der Waals surface area contributed by atoms with Gasteiger partial charge in [0.15, 0.2) is 5.69 Å². The highest BCUT2D eigenvalue weighted by Crippen LogP contribution is 2.25. The second-order valence-electron chi connectivity index (χ2n) is 6.24. The molecular formula is C16H26N4O. The highest BCUT2D eigenvalue weighted by molar-refractivity contribution is 5.96. The van der Waals surface area contributed by atoms with E-state index in [1.165, 1.54) is 38.3 Å². The average Bonchev–Trinajstić information content (AvgIpc) is 2.48. The predicted octanol–water partition coefficient (Wildman–Crippen LogP) is 2.88. The van der Waals surface area contributed by atoms with E-state index in [9.17, 15) is 4.79 Å². The van der Waals surface area contributed by atoms with Crippen LogP contribution in [-0.2, 0) is 0 Å².